The molecule has 0 fully saturated rings. The van der Waals surface area contributed by atoms with E-state index in [1.807, 2.05) is 25.1 Å². The lowest BCUT2D eigenvalue weighted by atomic mass is 10.1. The van der Waals surface area contributed by atoms with Gasteiger partial charge in [0.1, 0.15) is 5.82 Å². The molecule has 0 aliphatic carbocycles. The Labute approximate surface area is 159 Å². The van der Waals surface area contributed by atoms with E-state index in [9.17, 15) is 9.18 Å². The second kappa shape index (κ2) is 8.22. The highest BCUT2D eigenvalue weighted by atomic mass is 19.1. The predicted molar refractivity (Wildman–Crippen MR) is 109 cm³/mol. The Bertz CT molecular complexity index is 876. The molecule has 0 radical (unpaired) electrons. The monoisotopic (exact) mass is 368 g/mol. The van der Waals surface area contributed by atoms with Crippen LogP contribution in [0.3, 0.4) is 0 Å². The van der Waals surface area contributed by atoms with Crippen molar-refractivity contribution in [2.24, 2.45) is 0 Å². The number of carbonyl (C=O) groups excluding carboxylic acids is 1. The van der Waals surface area contributed by atoms with Gasteiger partial charge in [-0.2, -0.15) is 0 Å². The smallest absolute Gasteiger partial charge is 0.257 e. The molecule has 0 unspecified atom stereocenters. The van der Waals surface area contributed by atoms with E-state index in [1.54, 1.807) is 12.3 Å². The van der Waals surface area contributed by atoms with Gasteiger partial charge in [0.2, 0.25) is 0 Å². The maximum absolute atomic E-state index is 13.5. The molecule has 2 aromatic carbocycles. The van der Waals surface area contributed by atoms with Gasteiger partial charge in [0.05, 0.1) is 5.57 Å². The summed E-state index contributed by atoms with van der Waals surface area (Å²) in [4.78, 5) is 14.3. The number of anilines is 3. The molecular formula is C21H25FN4O. The summed E-state index contributed by atoms with van der Waals surface area (Å²) in [5, 5.41) is 9.33. The maximum atomic E-state index is 13.5. The van der Waals surface area contributed by atoms with Crippen LogP contribution in [0.25, 0.3) is 5.57 Å². The molecule has 1 amide bonds. The maximum Gasteiger partial charge on any atom is 0.257 e. The molecule has 0 spiro atoms. The Morgan fingerprint density at radius 3 is 2.74 bits per heavy atom. The summed E-state index contributed by atoms with van der Waals surface area (Å²) in [6, 6.07) is 10.3. The molecule has 27 heavy (non-hydrogen) atoms. The summed E-state index contributed by atoms with van der Waals surface area (Å²) >= 11 is 0. The van der Waals surface area contributed by atoms with E-state index in [2.05, 4.69) is 34.9 Å². The van der Waals surface area contributed by atoms with Crippen LogP contribution >= 0.6 is 0 Å². The third-order valence-corrected chi connectivity index (χ3v) is 4.47. The van der Waals surface area contributed by atoms with E-state index >= 15 is 0 Å². The fourth-order valence-electron chi connectivity index (χ4n) is 3.03. The van der Waals surface area contributed by atoms with E-state index in [4.69, 9.17) is 0 Å². The Morgan fingerprint density at radius 2 is 2.00 bits per heavy atom. The number of carbonyl (C=O) groups is 1. The first-order chi connectivity index (χ1) is 12.9. The number of nitrogens with one attached hydrogen (secondary N) is 3. The van der Waals surface area contributed by atoms with E-state index < -0.39 is 0 Å². The van der Waals surface area contributed by atoms with Gasteiger partial charge in [-0.05, 0) is 75.9 Å². The molecule has 0 atom stereocenters. The standard InChI is InChI=1S/C21H25FN4O/c1-14-11-16(6-8-19(14)23-9-4-10-26(2)3)24-13-18-17-12-15(22)5-7-20(17)25-21(18)27/h5-8,11-13,23-24H,4,9-10H2,1-3H3,(H,25,27)/b18-13-. The summed E-state index contributed by atoms with van der Waals surface area (Å²) in [7, 11) is 4.13. The number of aryl methyl sites for hydroxylation is 1. The lowest BCUT2D eigenvalue weighted by Gasteiger charge is -2.13. The first-order valence-corrected chi connectivity index (χ1v) is 9.01. The normalized spacial score (nSPS) is 14.4. The summed E-state index contributed by atoms with van der Waals surface area (Å²) in [5.41, 5.74) is 4.71. The lowest BCUT2D eigenvalue weighted by Crippen LogP contribution is -2.16. The second-order valence-corrected chi connectivity index (χ2v) is 6.96. The van der Waals surface area contributed by atoms with Crippen molar-refractivity contribution in [1.82, 2.24) is 4.90 Å². The van der Waals surface area contributed by atoms with Crippen LogP contribution in [0.15, 0.2) is 42.6 Å². The van der Waals surface area contributed by atoms with Crippen LogP contribution in [-0.4, -0.2) is 38.0 Å². The SMILES string of the molecule is Cc1cc(N/C=C2\C(=O)Nc3ccc(F)cc32)ccc1NCCCN(C)C. The quantitative estimate of drug-likeness (QED) is 0.512. The van der Waals surface area contributed by atoms with Crippen molar-refractivity contribution in [3.05, 3.63) is 59.5 Å². The Balaban J connectivity index is 1.67. The summed E-state index contributed by atoms with van der Waals surface area (Å²) in [5.74, 6) is -0.601. The second-order valence-electron chi connectivity index (χ2n) is 6.96. The van der Waals surface area contributed by atoms with Gasteiger partial charge in [0.15, 0.2) is 0 Å². The van der Waals surface area contributed by atoms with Crippen LogP contribution in [0.1, 0.15) is 17.5 Å². The van der Waals surface area contributed by atoms with E-state index in [0.717, 1.165) is 36.4 Å². The van der Waals surface area contributed by atoms with Crippen LogP contribution in [0, 0.1) is 12.7 Å². The Morgan fingerprint density at radius 1 is 1.19 bits per heavy atom. The molecule has 0 saturated heterocycles. The van der Waals surface area contributed by atoms with Gasteiger partial charge in [-0.3, -0.25) is 4.79 Å². The number of hydrogen-bond acceptors (Lipinski definition) is 4. The average Bonchev–Trinajstić information content (AvgIpc) is 2.92. The van der Waals surface area contributed by atoms with Gasteiger partial charge < -0.3 is 20.9 Å². The van der Waals surface area contributed by atoms with Crippen LogP contribution in [0.2, 0.25) is 0 Å². The Hall–Kier alpha value is -2.86. The number of amides is 1. The summed E-state index contributed by atoms with van der Waals surface area (Å²) < 4.78 is 13.5. The van der Waals surface area contributed by atoms with Gasteiger partial charge in [0.25, 0.3) is 5.91 Å². The van der Waals surface area contributed by atoms with Gasteiger partial charge in [-0.15, -0.1) is 0 Å². The molecule has 3 N–H and O–H groups in total. The largest absolute Gasteiger partial charge is 0.385 e. The van der Waals surface area contributed by atoms with Crippen molar-refractivity contribution in [2.45, 2.75) is 13.3 Å². The molecule has 1 aliphatic rings. The molecule has 2 aromatic rings. The predicted octanol–water partition coefficient (Wildman–Crippen LogP) is 3.90. The fourth-order valence-corrected chi connectivity index (χ4v) is 3.03. The molecule has 0 saturated carbocycles. The molecule has 6 heteroatoms. The van der Waals surface area contributed by atoms with Crippen molar-refractivity contribution in [3.8, 4) is 0 Å². The van der Waals surface area contributed by atoms with Gasteiger partial charge in [0, 0.05) is 35.4 Å². The van der Waals surface area contributed by atoms with Gasteiger partial charge in [-0.1, -0.05) is 0 Å². The molecule has 1 heterocycles. The van der Waals surface area contributed by atoms with Crippen molar-refractivity contribution in [2.75, 3.05) is 43.1 Å². The molecule has 5 nitrogen and oxygen atoms in total. The van der Waals surface area contributed by atoms with Crippen molar-refractivity contribution in [3.63, 3.8) is 0 Å². The number of nitrogens with zero attached hydrogens (tertiary/aromatic N) is 1. The zero-order chi connectivity index (χ0) is 19.4. The molecule has 0 bridgehead atoms. The van der Waals surface area contributed by atoms with Crippen LogP contribution in [0.5, 0.6) is 0 Å². The molecule has 3 rings (SSSR count). The highest BCUT2D eigenvalue weighted by Crippen LogP contribution is 2.32. The number of halogens is 1. The third-order valence-electron chi connectivity index (χ3n) is 4.47. The van der Waals surface area contributed by atoms with Crippen LogP contribution < -0.4 is 16.0 Å². The van der Waals surface area contributed by atoms with Crippen molar-refractivity contribution in [1.29, 1.82) is 0 Å². The zero-order valence-electron chi connectivity index (χ0n) is 15.9. The molecule has 0 aromatic heterocycles. The summed E-state index contributed by atoms with van der Waals surface area (Å²) in [6.45, 7) is 4.00. The highest BCUT2D eigenvalue weighted by Gasteiger charge is 2.24. The number of rotatable bonds is 7. The van der Waals surface area contributed by atoms with Gasteiger partial charge >= 0.3 is 0 Å². The molecule has 1 aliphatic heterocycles. The highest BCUT2D eigenvalue weighted by molar-refractivity contribution is 6.31. The zero-order valence-corrected chi connectivity index (χ0v) is 15.9. The fraction of sp³-hybridized carbons (Fsp3) is 0.286. The first kappa shape index (κ1) is 18.9. The average molecular weight is 368 g/mol. The minimum atomic E-state index is -0.364. The lowest BCUT2D eigenvalue weighted by molar-refractivity contribution is -0.110. The van der Waals surface area contributed by atoms with E-state index in [-0.39, 0.29) is 11.7 Å². The van der Waals surface area contributed by atoms with E-state index in [1.165, 1.54) is 12.1 Å². The summed E-state index contributed by atoms with van der Waals surface area (Å²) in [6.07, 6.45) is 2.70. The van der Waals surface area contributed by atoms with Gasteiger partial charge in [-0.25, -0.2) is 4.39 Å². The molecule has 142 valence electrons. The van der Waals surface area contributed by atoms with Crippen molar-refractivity contribution < 1.29 is 9.18 Å². The minimum absolute atomic E-state index is 0.237. The first-order valence-electron chi connectivity index (χ1n) is 9.01. The van der Waals surface area contributed by atoms with Crippen LogP contribution in [-0.2, 0) is 4.79 Å². The van der Waals surface area contributed by atoms with E-state index in [0.29, 0.717) is 16.8 Å². The minimum Gasteiger partial charge on any atom is -0.385 e. The van der Waals surface area contributed by atoms with Crippen LogP contribution in [0.4, 0.5) is 21.5 Å². The number of fused-ring (bicyclic) bond motifs is 1. The number of hydrogen-bond donors (Lipinski definition) is 3. The van der Waals surface area contributed by atoms with Crippen molar-refractivity contribution >= 4 is 28.5 Å². The Kier molecular flexibility index (Phi) is 5.76. The molecular weight excluding hydrogens is 343 g/mol. The topological polar surface area (TPSA) is 56.4 Å². The third kappa shape index (κ3) is 4.65. The number of benzene rings is 2.